The van der Waals surface area contributed by atoms with Crippen molar-refractivity contribution in [3.05, 3.63) is 68.7 Å². The maximum absolute atomic E-state index is 14.6. The molecule has 0 spiro atoms. The number of hydrogen-bond donors (Lipinski definition) is 1. The quantitative estimate of drug-likeness (QED) is 0.192. The molecule has 20 nitrogen and oxygen atoms in total. The van der Waals surface area contributed by atoms with E-state index in [-0.39, 0.29) is 65.6 Å². The van der Waals surface area contributed by atoms with Gasteiger partial charge in [0, 0.05) is 27.7 Å². The normalized spacial score (nSPS) is 21.4. The molecule has 0 bridgehead atoms. The van der Waals surface area contributed by atoms with Crippen LogP contribution in [0, 0.1) is 6.92 Å². The van der Waals surface area contributed by atoms with Gasteiger partial charge in [-0.25, -0.2) is 9.48 Å². The molecule has 1 aromatic carbocycles. The molecule has 5 rings (SSSR count). The van der Waals surface area contributed by atoms with Gasteiger partial charge in [0.05, 0.1) is 43.0 Å². The molecule has 0 aliphatic carbocycles. The summed E-state index contributed by atoms with van der Waals surface area (Å²) in [5.74, 6) is -4.58. The Balaban J connectivity index is 1.58. The zero-order chi connectivity index (χ0) is 41.7. The number of aromatic hydroxyl groups is 1. The molecule has 57 heavy (non-hydrogen) atoms. The first-order valence-corrected chi connectivity index (χ1v) is 17.9. The average Bonchev–Trinajstić information content (AvgIpc) is 3.59. The molecule has 306 valence electrons. The number of nitrogens with zero attached hydrogens (tertiary/aromatic N) is 5. The summed E-state index contributed by atoms with van der Waals surface area (Å²) in [5.41, 5.74) is 0.0104. The monoisotopic (exact) mass is 797 g/mol. The number of esters is 5. The summed E-state index contributed by atoms with van der Waals surface area (Å²) in [6, 6.07) is 4.46. The van der Waals surface area contributed by atoms with Crippen LogP contribution in [0.25, 0.3) is 0 Å². The lowest BCUT2D eigenvalue weighted by Gasteiger charge is -2.44. The van der Waals surface area contributed by atoms with Crippen molar-refractivity contribution >= 4 is 29.8 Å². The van der Waals surface area contributed by atoms with E-state index in [1.807, 2.05) is 0 Å². The van der Waals surface area contributed by atoms with Crippen LogP contribution in [0.15, 0.2) is 40.5 Å². The molecule has 3 aromatic rings. The van der Waals surface area contributed by atoms with Crippen molar-refractivity contribution in [1.82, 2.24) is 24.5 Å². The highest BCUT2D eigenvalue weighted by Crippen LogP contribution is 2.43. The summed E-state index contributed by atoms with van der Waals surface area (Å²) in [7, 11) is 0. The van der Waals surface area contributed by atoms with Crippen molar-refractivity contribution in [3.8, 4) is 17.4 Å². The molecule has 6 atom stereocenters. The highest BCUT2D eigenvalue weighted by atomic mass is 16.7. The third-order valence-corrected chi connectivity index (χ3v) is 8.78. The maximum atomic E-state index is 14.6. The second kappa shape index (κ2) is 17.7. The Hall–Kier alpha value is -6.31. The predicted molar refractivity (Wildman–Crippen MR) is 191 cm³/mol. The Bertz CT molecular complexity index is 2140. The Morgan fingerprint density at radius 3 is 2.18 bits per heavy atom. The fourth-order valence-electron chi connectivity index (χ4n) is 6.59. The van der Waals surface area contributed by atoms with Crippen LogP contribution >= 0.6 is 0 Å². The first-order chi connectivity index (χ1) is 27.0. The smallest absolute Gasteiger partial charge is 0.338 e. The van der Waals surface area contributed by atoms with Crippen molar-refractivity contribution in [2.45, 2.75) is 98.5 Å². The van der Waals surface area contributed by atoms with Crippen molar-refractivity contribution in [3.63, 3.8) is 0 Å². The number of phenolic OH excluding ortho intramolecular Hbond substituents is 1. The fraction of sp³-hybridized carbons (Fsp3) is 0.486. The van der Waals surface area contributed by atoms with Crippen molar-refractivity contribution < 1.29 is 67.0 Å². The lowest BCUT2D eigenvalue weighted by Crippen LogP contribution is -2.60. The highest BCUT2D eigenvalue weighted by Gasteiger charge is 2.53. The number of rotatable bonds is 13. The Kier molecular flexibility index (Phi) is 13.0. The number of hydrogen-bond acceptors (Lipinski definition) is 18. The van der Waals surface area contributed by atoms with Gasteiger partial charge in [-0.05, 0) is 45.4 Å². The van der Waals surface area contributed by atoms with Crippen LogP contribution in [0.4, 0.5) is 0 Å². The molecule has 4 heterocycles. The van der Waals surface area contributed by atoms with Gasteiger partial charge in [-0.1, -0.05) is 11.3 Å². The van der Waals surface area contributed by atoms with Gasteiger partial charge in [0.1, 0.15) is 30.0 Å². The zero-order valence-corrected chi connectivity index (χ0v) is 32.5. The van der Waals surface area contributed by atoms with E-state index in [1.54, 1.807) is 33.8 Å². The molecule has 0 amide bonds. The molecule has 2 aromatic heterocycles. The van der Waals surface area contributed by atoms with E-state index < -0.39 is 78.6 Å². The molecule has 1 N–H and O–H groups in total. The van der Waals surface area contributed by atoms with Crippen molar-refractivity contribution in [2.24, 2.45) is 0 Å². The second-order valence-electron chi connectivity index (χ2n) is 12.9. The van der Waals surface area contributed by atoms with E-state index in [0.29, 0.717) is 5.56 Å². The second-order valence-corrected chi connectivity index (χ2v) is 12.9. The number of ether oxygens (including phenoxy) is 8. The number of aryl methyl sites for hydroxylation is 1. The SMILES string of the molecule is CCOC(=O)C1=C(C)Oc2nc(C)n(Cc3cn([C@@H]4O[C@H](COC(C)=O)[C@@H](OC(C)=O)[C@H](OC(C)=O)[C@H]4OC(C)=O)nn3)c(=O)c2C1c1ccc(O)c(OCC)c1. The van der Waals surface area contributed by atoms with Gasteiger partial charge in [0.2, 0.25) is 5.88 Å². The largest absolute Gasteiger partial charge is 0.504 e. The molecule has 2 aliphatic rings. The molecule has 1 unspecified atom stereocenters. The third-order valence-electron chi connectivity index (χ3n) is 8.78. The summed E-state index contributed by atoms with van der Waals surface area (Å²) >= 11 is 0. The zero-order valence-electron chi connectivity index (χ0n) is 32.5. The van der Waals surface area contributed by atoms with E-state index in [2.05, 4.69) is 15.3 Å². The number of allylic oxidation sites excluding steroid dienone is 1. The Morgan fingerprint density at radius 2 is 1.54 bits per heavy atom. The minimum absolute atomic E-state index is 0.00521. The number of carbonyl (C=O) groups is 5. The summed E-state index contributed by atoms with van der Waals surface area (Å²) in [5, 5.41) is 18.8. The van der Waals surface area contributed by atoms with E-state index in [0.717, 1.165) is 32.4 Å². The molecule has 1 fully saturated rings. The molecule has 1 saturated heterocycles. The van der Waals surface area contributed by atoms with Crippen LogP contribution in [-0.2, 0) is 58.9 Å². The van der Waals surface area contributed by atoms with Crippen LogP contribution in [0.2, 0.25) is 0 Å². The average molecular weight is 798 g/mol. The van der Waals surface area contributed by atoms with Crippen LogP contribution in [0.1, 0.15) is 83.3 Å². The Labute approximate surface area is 325 Å². The number of phenols is 1. The standard InChI is InChI=1S/C37H43N5O15/c1-9-50-26-13-23(11-12-25(26)47)29-28(37(49)51-10-2)17(3)53-34-30(29)35(48)41(18(4)38-34)14-24-15-42(40-39-24)36-33(56-22(8)46)32(55-21(7)45)31(54-20(6)44)27(57-36)16-52-19(5)43/h11-13,15,27,29,31-33,36,47H,9-10,14,16H2,1-8H3/t27-,29?,31-,32+,33-,36-/m1/s1. The van der Waals surface area contributed by atoms with Crippen LogP contribution in [0.5, 0.6) is 17.4 Å². The topological polar surface area (TPSA) is 245 Å². The van der Waals surface area contributed by atoms with Crippen molar-refractivity contribution in [2.75, 3.05) is 19.8 Å². The molecule has 0 radical (unpaired) electrons. The van der Waals surface area contributed by atoms with Gasteiger partial charge in [-0.3, -0.25) is 28.5 Å². The summed E-state index contributed by atoms with van der Waals surface area (Å²) < 4.78 is 47.2. The lowest BCUT2D eigenvalue weighted by atomic mass is 9.83. The molecular weight excluding hydrogens is 754 g/mol. The van der Waals surface area contributed by atoms with E-state index in [9.17, 15) is 33.9 Å². The van der Waals surface area contributed by atoms with Gasteiger partial charge in [0.15, 0.2) is 36.0 Å². The van der Waals surface area contributed by atoms with Crippen LogP contribution in [-0.4, -0.2) is 104 Å². The van der Waals surface area contributed by atoms with E-state index in [1.165, 1.54) is 22.9 Å². The number of benzene rings is 1. The first-order valence-electron chi connectivity index (χ1n) is 17.9. The third kappa shape index (κ3) is 9.22. The van der Waals surface area contributed by atoms with Crippen LogP contribution < -0.4 is 15.0 Å². The molecular formula is C37H43N5O15. The fourth-order valence-corrected chi connectivity index (χ4v) is 6.59. The summed E-state index contributed by atoms with van der Waals surface area (Å²) in [4.78, 5) is 81.1. The number of fused-ring (bicyclic) bond motifs is 1. The van der Waals surface area contributed by atoms with Crippen LogP contribution in [0.3, 0.4) is 0 Å². The van der Waals surface area contributed by atoms with Gasteiger partial charge in [0.25, 0.3) is 5.56 Å². The molecule has 0 saturated carbocycles. The van der Waals surface area contributed by atoms with Gasteiger partial charge in [-0.2, -0.15) is 4.98 Å². The van der Waals surface area contributed by atoms with Crippen molar-refractivity contribution in [1.29, 1.82) is 0 Å². The Morgan fingerprint density at radius 1 is 0.877 bits per heavy atom. The minimum atomic E-state index is -1.46. The van der Waals surface area contributed by atoms with Gasteiger partial charge >= 0.3 is 29.8 Å². The first kappa shape index (κ1) is 41.8. The van der Waals surface area contributed by atoms with Gasteiger partial charge in [-0.15, -0.1) is 5.10 Å². The number of aromatic nitrogens is 5. The van der Waals surface area contributed by atoms with Gasteiger partial charge < -0.3 is 43.0 Å². The maximum Gasteiger partial charge on any atom is 0.338 e. The minimum Gasteiger partial charge on any atom is -0.504 e. The molecule has 20 heteroatoms. The summed E-state index contributed by atoms with van der Waals surface area (Å²) in [6.07, 6.45) is -5.56. The van der Waals surface area contributed by atoms with E-state index in [4.69, 9.17) is 37.9 Å². The lowest BCUT2D eigenvalue weighted by molar-refractivity contribution is -0.270. The number of carbonyl (C=O) groups excluding carboxylic acids is 5. The summed E-state index contributed by atoms with van der Waals surface area (Å²) in [6.45, 7) is 10.5. The molecule has 2 aliphatic heterocycles. The highest BCUT2D eigenvalue weighted by molar-refractivity contribution is 5.92. The van der Waals surface area contributed by atoms with E-state index >= 15 is 0 Å². The predicted octanol–water partition coefficient (Wildman–Crippen LogP) is 1.91.